The van der Waals surface area contributed by atoms with E-state index in [-0.39, 0.29) is 5.56 Å². The molecule has 1 aromatic rings. The SMILES string of the molecule is CCCC[NH+](CC)COc1cccc(C(=O)[O-])c1. The molecule has 18 heavy (non-hydrogen) atoms. The van der Waals surface area contributed by atoms with Gasteiger partial charge in [0.2, 0.25) is 6.73 Å². The van der Waals surface area contributed by atoms with Gasteiger partial charge in [0, 0.05) is 5.56 Å². The molecule has 0 spiro atoms. The number of benzene rings is 1. The number of carbonyl (C=O) groups is 1. The van der Waals surface area contributed by atoms with Gasteiger partial charge in [0.25, 0.3) is 0 Å². The fourth-order valence-corrected chi connectivity index (χ4v) is 1.68. The Morgan fingerprint density at radius 3 is 2.78 bits per heavy atom. The zero-order chi connectivity index (χ0) is 13.4. The van der Waals surface area contributed by atoms with Crippen LogP contribution >= 0.6 is 0 Å². The molecule has 1 rings (SSSR count). The number of unbranched alkanes of at least 4 members (excludes halogenated alkanes) is 1. The van der Waals surface area contributed by atoms with E-state index < -0.39 is 5.97 Å². The van der Waals surface area contributed by atoms with E-state index in [1.54, 1.807) is 12.1 Å². The molecule has 0 saturated carbocycles. The van der Waals surface area contributed by atoms with E-state index in [1.807, 2.05) is 0 Å². The smallest absolute Gasteiger partial charge is 0.222 e. The summed E-state index contributed by atoms with van der Waals surface area (Å²) in [6.07, 6.45) is 2.34. The summed E-state index contributed by atoms with van der Waals surface area (Å²) in [6, 6.07) is 6.43. The first-order valence-electron chi connectivity index (χ1n) is 6.45. The van der Waals surface area contributed by atoms with E-state index in [9.17, 15) is 9.90 Å². The second-order valence-corrected chi connectivity index (χ2v) is 4.31. The summed E-state index contributed by atoms with van der Waals surface area (Å²) in [5.41, 5.74) is 0.152. The summed E-state index contributed by atoms with van der Waals surface area (Å²) in [4.78, 5) is 12.1. The standard InChI is InChI=1S/C14H21NO3/c1-3-5-9-15(4-2)11-18-13-8-6-7-12(10-13)14(16)17/h6-8,10H,3-5,9,11H2,1-2H3,(H,16,17). The number of aromatic carboxylic acids is 1. The summed E-state index contributed by atoms with van der Waals surface area (Å²) in [5, 5.41) is 10.7. The lowest BCUT2D eigenvalue weighted by Gasteiger charge is -2.18. The number of carboxylic acids is 1. The maximum Gasteiger partial charge on any atom is 0.222 e. The van der Waals surface area contributed by atoms with E-state index in [2.05, 4.69) is 13.8 Å². The van der Waals surface area contributed by atoms with Crippen molar-refractivity contribution in [1.29, 1.82) is 0 Å². The van der Waals surface area contributed by atoms with Crippen LogP contribution in [-0.2, 0) is 0 Å². The topological polar surface area (TPSA) is 53.8 Å². The second kappa shape index (κ2) is 7.71. The number of quaternary nitrogens is 1. The van der Waals surface area contributed by atoms with Crippen molar-refractivity contribution in [3.05, 3.63) is 29.8 Å². The highest BCUT2D eigenvalue weighted by Gasteiger charge is 2.06. The van der Waals surface area contributed by atoms with Crippen molar-refractivity contribution in [2.24, 2.45) is 0 Å². The minimum atomic E-state index is -1.17. The number of rotatable bonds is 8. The van der Waals surface area contributed by atoms with Gasteiger partial charge in [-0.25, -0.2) is 0 Å². The molecule has 1 N–H and O–H groups in total. The van der Waals surface area contributed by atoms with E-state index in [0.717, 1.165) is 13.1 Å². The fraction of sp³-hybridized carbons (Fsp3) is 0.500. The molecule has 0 bridgehead atoms. The van der Waals surface area contributed by atoms with Gasteiger partial charge < -0.3 is 19.5 Å². The molecule has 0 aliphatic heterocycles. The van der Waals surface area contributed by atoms with E-state index in [4.69, 9.17) is 4.74 Å². The highest BCUT2D eigenvalue weighted by atomic mass is 16.5. The molecule has 0 aliphatic rings. The number of carboxylic acid groups (broad SMARTS) is 1. The third-order valence-electron chi connectivity index (χ3n) is 2.90. The minimum absolute atomic E-state index is 0.152. The van der Waals surface area contributed by atoms with Gasteiger partial charge in [-0.1, -0.05) is 25.5 Å². The van der Waals surface area contributed by atoms with Gasteiger partial charge in [-0.15, -0.1) is 0 Å². The first-order chi connectivity index (χ1) is 8.67. The highest BCUT2D eigenvalue weighted by Crippen LogP contribution is 2.11. The molecule has 1 atom stereocenters. The Kier molecular flexibility index (Phi) is 6.22. The average Bonchev–Trinajstić information content (AvgIpc) is 2.39. The monoisotopic (exact) mass is 251 g/mol. The van der Waals surface area contributed by atoms with Gasteiger partial charge in [0.1, 0.15) is 5.75 Å². The third-order valence-corrected chi connectivity index (χ3v) is 2.90. The number of ether oxygens (including phenoxy) is 1. The lowest BCUT2D eigenvalue weighted by Crippen LogP contribution is -3.12. The molecular formula is C14H21NO3. The normalized spacial score (nSPS) is 12.1. The van der Waals surface area contributed by atoms with Crippen molar-refractivity contribution in [2.75, 3.05) is 19.8 Å². The fourth-order valence-electron chi connectivity index (χ4n) is 1.68. The Hall–Kier alpha value is -1.55. The maximum absolute atomic E-state index is 10.7. The predicted octanol–water partition coefficient (Wildman–Crippen LogP) is 0.0913. The zero-order valence-corrected chi connectivity index (χ0v) is 11.1. The van der Waals surface area contributed by atoms with Crippen LogP contribution in [0.4, 0.5) is 0 Å². The van der Waals surface area contributed by atoms with Crippen LogP contribution in [0.2, 0.25) is 0 Å². The maximum atomic E-state index is 10.7. The molecule has 0 radical (unpaired) electrons. The van der Waals surface area contributed by atoms with Crippen molar-refractivity contribution >= 4 is 5.97 Å². The van der Waals surface area contributed by atoms with Crippen molar-refractivity contribution in [1.82, 2.24) is 0 Å². The van der Waals surface area contributed by atoms with Gasteiger partial charge in [0.05, 0.1) is 19.1 Å². The van der Waals surface area contributed by atoms with Crippen LogP contribution in [-0.4, -0.2) is 25.8 Å². The van der Waals surface area contributed by atoms with Crippen molar-refractivity contribution in [3.63, 3.8) is 0 Å². The summed E-state index contributed by atoms with van der Waals surface area (Å²) in [7, 11) is 0. The molecule has 0 heterocycles. The molecule has 0 saturated heterocycles. The van der Waals surface area contributed by atoms with Gasteiger partial charge in [0.15, 0.2) is 0 Å². The van der Waals surface area contributed by atoms with Crippen LogP contribution in [0.15, 0.2) is 24.3 Å². The molecule has 0 fully saturated rings. The Morgan fingerprint density at radius 2 is 2.17 bits per heavy atom. The van der Waals surface area contributed by atoms with Crippen LogP contribution in [0.3, 0.4) is 0 Å². The summed E-state index contributed by atoms with van der Waals surface area (Å²) in [5.74, 6) is -0.592. The van der Waals surface area contributed by atoms with Crippen LogP contribution < -0.4 is 14.7 Å². The van der Waals surface area contributed by atoms with E-state index >= 15 is 0 Å². The zero-order valence-electron chi connectivity index (χ0n) is 11.1. The van der Waals surface area contributed by atoms with Crippen molar-refractivity contribution in [3.8, 4) is 5.75 Å². The van der Waals surface area contributed by atoms with Crippen molar-refractivity contribution < 1.29 is 19.5 Å². The van der Waals surface area contributed by atoms with Gasteiger partial charge in [-0.2, -0.15) is 0 Å². The molecule has 1 unspecified atom stereocenters. The minimum Gasteiger partial charge on any atom is -0.545 e. The quantitative estimate of drug-likeness (QED) is 0.666. The number of hydrogen-bond donors (Lipinski definition) is 1. The summed E-state index contributed by atoms with van der Waals surface area (Å²) < 4.78 is 5.62. The van der Waals surface area contributed by atoms with Crippen LogP contribution in [0.1, 0.15) is 37.0 Å². The van der Waals surface area contributed by atoms with Gasteiger partial charge in [-0.3, -0.25) is 0 Å². The first kappa shape index (κ1) is 14.5. The number of hydrogen-bond acceptors (Lipinski definition) is 3. The van der Waals surface area contributed by atoms with Gasteiger partial charge in [-0.05, 0) is 25.5 Å². The third kappa shape index (κ3) is 4.75. The van der Waals surface area contributed by atoms with E-state index in [1.165, 1.54) is 29.9 Å². The average molecular weight is 251 g/mol. The molecule has 4 nitrogen and oxygen atoms in total. The highest BCUT2D eigenvalue weighted by molar-refractivity contribution is 5.86. The van der Waals surface area contributed by atoms with E-state index in [0.29, 0.717) is 12.5 Å². The molecule has 4 heteroatoms. The summed E-state index contributed by atoms with van der Waals surface area (Å²) >= 11 is 0. The molecule has 0 amide bonds. The Morgan fingerprint density at radius 1 is 1.39 bits per heavy atom. The predicted molar refractivity (Wildman–Crippen MR) is 67.5 cm³/mol. The second-order valence-electron chi connectivity index (χ2n) is 4.31. The number of nitrogens with one attached hydrogen (secondary N) is 1. The van der Waals surface area contributed by atoms with Crippen LogP contribution in [0, 0.1) is 0 Å². The molecule has 0 aliphatic carbocycles. The Labute approximate surface area is 108 Å². The lowest BCUT2D eigenvalue weighted by molar-refractivity contribution is -0.914. The molecule has 0 aromatic heterocycles. The van der Waals surface area contributed by atoms with Crippen molar-refractivity contribution in [2.45, 2.75) is 26.7 Å². The van der Waals surface area contributed by atoms with Gasteiger partial charge >= 0.3 is 0 Å². The van der Waals surface area contributed by atoms with Crippen LogP contribution in [0.5, 0.6) is 5.75 Å². The number of carbonyl (C=O) groups excluding carboxylic acids is 1. The lowest BCUT2D eigenvalue weighted by atomic mass is 10.2. The molecule has 1 aromatic carbocycles. The Bertz CT molecular complexity index is 379. The molecule has 100 valence electrons. The summed E-state index contributed by atoms with van der Waals surface area (Å²) in [6.45, 7) is 6.92. The largest absolute Gasteiger partial charge is 0.545 e. The van der Waals surface area contributed by atoms with Crippen LogP contribution in [0.25, 0.3) is 0 Å². The first-order valence-corrected chi connectivity index (χ1v) is 6.45. The Balaban J connectivity index is 2.51. The molecular weight excluding hydrogens is 230 g/mol.